The molecule has 0 aliphatic carbocycles. The second-order valence-electron chi connectivity index (χ2n) is 8.07. The lowest BCUT2D eigenvalue weighted by atomic mass is 9.56. The minimum absolute atomic E-state index is 0.359. The van der Waals surface area contributed by atoms with Gasteiger partial charge in [0.2, 0.25) is 0 Å². The Kier molecular flexibility index (Phi) is 3.61. The molecule has 4 fully saturated rings. The zero-order valence-corrected chi connectivity index (χ0v) is 15.8. The van der Waals surface area contributed by atoms with Crippen molar-refractivity contribution in [2.45, 2.75) is 10.8 Å². The van der Waals surface area contributed by atoms with Crippen LogP contribution in [0.4, 0.5) is 0 Å². The monoisotopic (exact) mass is 364 g/mol. The van der Waals surface area contributed by atoms with Crippen molar-refractivity contribution in [1.29, 1.82) is 0 Å². The van der Waals surface area contributed by atoms with Crippen LogP contribution >= 0.6 is 0 Å². The number of Topliss-reactive ketones (excluding diaryl/α,β-unsaturated/α-hetero) is 1. The van der Waals surface area contributed by atoms with Gasteiger partial charge in [-0.1, -0.05) is 24.3 Å². The van der Waals surface area contributed by atoms with E-state index in [-0.39, 0.29) is 0 Å². The summed E-state index contributed by atoms with van der Waals surface area (Å²) >= 11 is 0. The molecular formula is C22H24N2O3. The largest absolute Gasteiger partial charge is 0.497 e. The molecule has 0 N–H and O–H groups in total. The second kappa shape index (κ2) is 5.81. The van der Waals surface area contributed by atoms with Gasteiger partial charge in [0.15, 0.2) is 5.78 Å². The van der Waals surface area contributed by atoms with Crippen LogP contribution in [0.25, 0.3) is 0 Å². The normalized spacial score (nSPS) is 33.9. The van der Waals surface area contributed by atoms with Crippen molar-refractivity contribution in [3.8, 4) is 11.5 Å². The molecule has 4 heterocycles. The molecule has 0 atom stereocenters. The summed E-state index contributed by atoms with van der Waals surface area (Å²) in [6.07, 6.45) is 0. The molecule has 4 bridgehead atoms. The number of carbonyl (C=O) groups is 1. The molecule has 0 unspecified atom stereocenters. The molecule has 5 heteroatoms. The summed E-state index contributed by atoms with van der Waals surface area (Å²) in [5.41, 5.74) is 1.25. The van der Waals surface area contributed by atoms with Gasteiger partial charge in [-0.15, -0.1) is 0 Å². The molecule has 27 heavy (non-hydrogen) atoms. The Bertz CT molecular complexity index is 792. The van der Waals surface area contributed by atoms with Gasteiger partial charge < -0.3 is 9.47 Å². The van der Waals surface area contributed by atoms with Crippen molar-refractivity contribution in [2.75, 3.05) is 47.1 Å². The first-order valence-corrected chi connectivity index (χ1v) is 9.38. The van der Waals surface area contributed by atoms with Gasteiger partial charge in [0.25, 0.3) is 0 Å². The maximum Gasteiger partial charge on any atom is 0.159 e. The van der Waals surface area contributed by atoms with E-state index in [1.54, 1.807) is 14.2 Å². The van der Waals surface area contributed by atoms with Gasteiger partial charge in [0.05, 0.1) is 31.7 Å². The number of nitrogens with zero attached hydrogens (tertiary/aromatic N) is 2. The summed E-state index contributed by atoms with van der Waals surface area (Å²) in [5.74, 6) is 2.00. The SMILES string of the molecule is COc1ccc(C23CN4CN(C2)CC(c2ccc(OC)cc2)(C4)C3=O)cc1. The Labute approximate surface area is 159 Å². The van der Waals surface area contributed by atoms with Crippen molar-refractivity contribution in [3.05, 3.63) is 59.7 Å². The minimum Gasteiger partial charge on any atom is -0.497 e. The molecule has 4 saturated heterocycles. The molecule has 4 aliphatic rings. The zero-order valence-electron chi connectivity index (χ0n) is 15.8. The highest BCUT2D eigenvalue weighted by Crippen LogP contribution is 2.49. The number of hydrogen-bond acceptors (Lipinski definition) is 5. The first kappa shape index (κ1) is 16.8. The van der Waals surface area contributed by atoms with Gasteiger partial charge in [0, 0.05) is 26.2 Å². The van der Waals surface area contributed by atoms with Crippen molar-refractivity contribution in [2.24, 2.45) is 0 Å². The van der Waals surface area contributed by atoms with E-state index >= 15 is 0 Å². The topological polar surface area (TPSA) is 42.0 Å². The first-order valence-electron chi connectivity index (χ1n) is 9.38. The van der Waals surface area contributed by atoms with Gasteiger partial charge in [-0.05, 0) is 35.4 Å². The van der Waals surface area contributed by atoms with E-state index in [4.69, 9.17) is 9.47 Å². The maximum atomic E-state index is 14.0. The number of methoxy groups -OCH3 is 2. The summed E-state index contributed by atoms with van der Waals surface area (Å²) < 4.78 is 10.6. The number of carbonyl (C=O) groups excluding carboxylic acids is 1. The smallest absolute Gasteiger partial charge is 0.159 e. The van der Waals surface area contributed by atoms with Gasteiger partial charge in [-0.2, -0.15) is 0 Å². The number of hydrogen-bond donors (Lipinski definition) is 0. The fourth-order valence-electron chi connectivity index (χ4n) is 5.41. The fourth-order valence-corrected chi connectivity index (χ4v) is 5.41. The fraction of sp³-hybridized carbons (Fsp3) is 0.409. The molecule has 5 nitrogen and oxygen atoms in total. The summed E-state index contributed by atoms with van der Waals surface area (Å²) in [6.45, 7) is 4.14. The molecule has 6 rings (SSSR count). The number of ether oxygens (including phenoxy) is 2. The Morgan fingerprint density at radius 1 is 0.704 bits per heavy atom. The number of ketones is 1. The average Bonchev–Trinajstić information content (AvgIpc) is 2.71. The molecule has 0 radical (unpaired) electrons. The highest BCUT2D eigenvalue weighted by Gasteiger charge is 2.64. The van der Waals surface area contributed by atoms with Crippen LogP contribution in [-0.2, 0) is 15.6 Å². The van der Waals surface area contributed by atoms with E-state index in [9.17, 15) is 4.79 Å². The van der Waals surface area contributed by atoms with Gasteiger partial charge in [0.1, 0.15) is 11.5 Å². The lowest BCUT2D eigenvalue weighted by Gasteiger charge is -2.63. The van der Waals surface area contributed by atoms with Gasteiger partial charge in [-0.3, -0.25) is 14.6 Å². The molecular weight excluding hydrogens is 340 g/mol. The van der Waals surface area contributed by atoms with Crippen LogP contribution in [0.15, 0.2) is 48.5 Å². The van der Waals surface area contributed by atoms with E-state index < -0.39 is 10.8 Å². The molecule has 0 amide bonds. The summed E-state index contributed by atoms with van der Waals surface area (Å²) in [5, 5.41) is 0. The number of rotatable bonds is 4. The highest BCUT2D eigenvalue weighted by molar-refractivity contribution is 6.02. The molecule has 140 valence electrons. The molecule has 0 spiro atoms. The third kappa shape index (κ3) is 2.28. The standard InChI is InChI=1S/C22H24N2O3/c1-26-18-7-3-16(4-8-18)21-11-23-13-22(20(21)25,14-24(12-21)15-23)17-5-9-19(27-2)10-6-17/h3-10H,11-15H2,1-2H3. The quantitative estimate of drug-likeness (QED) is 0.831. The second-order valence-corrected chi connectivity index (χ2v) is 8.07. The lowest BCUT2D eigenvalue weighted by molar-refractivity contribution is -0.159. The molecule has 2 aromatic carbocycles. The summed E-state index contributed by atoms with van der Waals surface area (Å²) in [7, 11) is 3.34. The molecule has 2 aromatic rings. The number of piperidine rings is 2. The summed E-state index contributed by atoms with van der Waals surface area (Å²) in [4.78, 5) is 18.9. The molecule has 0 saturated carbocycles. The van der Waals surface area contributed by atoms with Crippen molar-refractivity contribution in [1.82, 2.24) is 9.80 Å². The Morgan fingerprint density at radius 2 is 1.07 bits per heavy atom. The molecule has 4 aliphatic heterocycles. The van der Waals surface area contributed by atoms with Crippen LogP contribution in [-0.4, -0.2) is 62.7 Å². The van der Waals surface area contributed by atoms with Crippen molar-refractivity contribution < 1.29 is 14.3 Å². The molecule has 0 aromatic heterocycles. The third-order valence-electron chi connectivity index (χ3n) is 6.53. The minimum atomic E-state index is -0.471. The predicted molar refractivity (Wildman–Crippen MR) is 102 cm³/mol. The average molecular weight is 364 g/mol. The number of benzene rings is 2. The zero-order chi connectivity index (χ0) is 18.6. The van der Waals surface area contributed by atoms with Gasteiger partial charge in [-0.25, -0.2) is 0 Å². The predicted octanol–water partition coefficient (Wildman–Crippen LogP) is 2.05. The Balaban J connectivity index is 1.61. The van der Waals surface area contributed by atoms with Crippen LogP contribution in [0, 0.1) is 0 Å². The van der Waals surface area contributed by atoms with E-state index in [1.165, 1.54) is 0 Å². The third-order valence-corrected chi connectivity index (χ3v) is 6.53. The summed E-state index contributed by atoms with van der Waals surface area (Å²) in [6, 6.07) is 16.1. The van der Waals surface area contributed by atoms with Crippen LogP contribution < -0.4 is 9.47 Å². The Morgan fingerprint density at radius 3 is 1.41 bits per heavy atom. The van der Waals surface area contributed by atoms with Crippen LogP contribution in [0.2, 0.25) is 0 Å². The van der Waals surface area contributed by atoms with Crippen LogP contribution in [0.1, 0.15) is 11.1 Å². The van der Waals surface area contributed by atoms with E-state index in [2.05, 4.69) is 34.1 Å². The maximum absolute atomic E-state index is 14.0. The van der Waals surface area contributed by atoms with Crippen molar-refractivity contribution in [3.63, 3.8) is 0 Å². The van der Waals surface area contributed by atoms with Crippen molar-refractivity contribution >= 4 is 5.78 Å². The Hall–Kier alpha value is -2.37. The van der Waals surface area contributed by atoms with E-state index in [0.29, 0.717) is 5.78 Å². The lowest BCUT2D eigenvalue weighted by Crippen LogP contribution is -2.79. The van der Waals surface area contributed by atoms with Crippen LogP contribution in [0.3, 0.4) is 0 Å². The highest BCUT2D eigenvalue weighted by atomic mass is 16.5. The van der Waals surface area contributed by atoms with Gasteiger partial charge >= 0.3 is 0 Å². The van der Waals surface area contributed by atoms with Crippen LogP contribution in [0.5, 0.6) is 11.5 Å². The van der Waals surface area contributed by atoms with E-state index in [1.807, 2.05) is 24.3 Å². The first-order chi connectivity index (χ1) is 13.1. The van der Waals surface area contributed by atoms with E-state index in [0.717, 1.165) is 55.5 Å².